The smallest absolute Gasteiger partial charge is 0.462 e. The number of hydrogen-bond donors (Lipinski definition) is 3. The number of phosphoric ester groups is 2. The quantitative estimate of drug-likeness (QED) is 0.0222. The Kier molecular flexibility index (Phi) is 63.0. The highest BCUT2D eigenvalue weighted by molar-refractivity contribution is 7.47. The van der Waals surface area contributed by atoms with Crippen LogP contribution >= 0.6 is 15.6 Å². The molecule has 3 N–H and O–H groups in total. The number of aliphatic hydroxyl groups excluding tert-OH is 1. The number of carbonyl (C=O) groups excluding carboxylic acids is 4. The van der Waals surface area contributed by atoms with Gasteiger partial charge in [0.25, 0.3) is 0 Å². The Morgan fingerprint density at radius 3 is 0.756 bits per heavy atom. The lowest BCUT2D eigenvalue weighted by Crippen LogP contribution is -2.30. The molecule has 0 saturated heterocycles. The molecule has 19 heteroatoms. The van der Waals surface area contributed by atoms with Gasteiger partial charge in [-0.1, -0.05) is 317 Å². The molecular formula is C71H138O17P2. The van der Waals surface area contributed by atoms with Gasteiger partial charge in [-0.15, -0.1) is 0 Å². The number of unbranched alkanes of at least 4 members (excludes halogenated alkanes) is 43. The van der Waals surface area contributed by atoms with Crippen LogP contribution in [0.2, 0.25) is 0 Å². The second-order valence-corrected chi connectivity index (χ2v) is 29.0. The highest BCUT2D eigenvalue weighted by Crippen LogP contribution is 2.45. The molecule has 5 atom stereocenters. The van der Waals surface area contributed by atoms with Crippen LogP contribution in [0.1, 0.15) is 369 Å². The Morgan fingerprint density at radius 1 is 0.300 bits per heavy atom. The van der Waals surface area contributed by atoms with Crippen molar-refractivity contribution in [1.29, 1.82) is 0 Å². The summed E-state index contributed by atoms with van der Waals surface area (Å²) in [7, 11) is -9.89. The third kappa shape index (κ3) is 64.8. The fourth-order valence-corrected chi connectivity index (χ4v) is 12.4. The summed E-state index contributed by atoms with van der Waals surface area (Å²) in [5.74, 6) is -1.34. The Hall–Kier alpha value is -1.94. The van der Waals surface area contributed by atoms with E-state index in [0.29, 0.717) is 25.7 Å². The molecule has 0 fully saturated rings. The van der Waals surface area contributed by atoms with Crippen molar-refractivity contribution in [3.63, 3.8) is 0 Å². The van der Waals surface area contributed by atoms with E-state index in [1.165, 1.54) is 186 Å². The molecule has 0 heterocycles. The zero-order chi connectivity index (χ0) is 66.3. The molecule has 0 aromatic carbocycles. The minimum atomic E-state index is -4.95. The van der Waals surface area contributed by atoms with Crippen LogP contribution in [-0.4, -0.2) is 96.7 Å². The lowest BCUT2D eigenvalue weighted by molar-refractivity contribution is -0.161. The molecule has 0 aromatic rings. The number of hydrogen-bond acceptors (Lipinski definition) is 15. The highest BCUT2D eigenvalue weighted by atomic mass is 31.2. The van der Waals surface area contributed by atoms with Gasteiger partial charge in [-0.3, -0.25) is 37.3 Å². The zero-order valence-corrected chi connectivity index (χ0v) is 60.1. The zero-order valence-electron chi connectivity index (χ0n) is 58.3. The van der Waals surface area contributed by atoms with Gasteiger partial charge in [0.05, 0.1) is 26.4 Å². The highest BCUT2D eigenvalue weighted by Gasteiger charge is 2.30. The fraction of sp³-hybridized carbons (Fsp3) is 0.944. The largest absolute Gasteiger partial charge is 0.472 e. The van der Waals surface area contributed by atoms with Crippen molar-refractivity contribution in [2.24, 2.45) is 5.92 Å². The Balaban J connectivity index is 5.13. The molecule has 0 amide bonds. The molecule has 0 aliphatic rings. The Morgan fingerprint density at radius 2 is 0.511 bits per heavy atom. The first-order chi connectivity index (χ1) is 43.5. The summed E-state index contributed by atoms with van der Waals surface area (Å²) < 4.78 is 68.1. The number of rotatable bonds is 71. The van der Waals surface area contributed by atoms with Crippen LogP contribution in [0, 0.1) is 5.92 Å². The second-order valence-electron chi connectivity index (χ2n) is 26.1. The normalized spacial score (nSPS) is 14.1. The van der Waals surface area contributed by atoms with Crippen molar-refractivity contribution in [2.45, 2.75) is 387 Å². The van der Waals surface area contributed by atoms with Crippen LogP contribution in [0.4, 0.5) is 0 Å². The molecular weight excluding hydrogens is 1190 g/mol. The summed E-state index contributed by atoms with van der Waals surface area (Å²) in [6, 6.07) is 0. The van der Waals surface area contributed by atoms with Gasteiger partial charge in [0, 0.05) is 25.7 Å². The average molecular weight is 1330 g/mol. The van der Waals surface area contributed by atoms with E-state index in [2.05, 4.69) is 34.6 Å². The van der Waals surface area contributed by atoms with Crippen molar-refractivity contribution in [3.05, 3.63) is 0 Å². The van der Waals surface area contributed by atoms with Gasteiger partial charge in [0.1, 0.15) is 19.3 Å². The van der Waals surface area contributed by atoms with E-state index < -0.39 is 97.5 Å². The van der Waals surface area contributed by atoms with Gasteiger partial charge >= 0.3 is 39.5 Å². The van der Waals surface area contributed by atoms with Crippen molar-refractivity contribution in [1.82, 2.24) is 0 Å². The van der Waals surface area contributed by atoms with E-state index in [-0.39, 0.29) is 25.7 Å². The van der Waals surface area contributed by atoms with E-state index in [9.17, 15) is 43.2 Å². The van der Waals surface area contributed by atoms with Gasteiger partial charge in [-0.25, -0.2) is 9.13 Å². The summed E-state index contributed by atoms with van der Waals surface area (Å²) in [4.78, 5) is 72.3. The molecule has 0 aliphatic carbocycles. The third-order valence-corrected chi connectivity index (χ3v) is 18.4. The minimum Gasteiger partial charge on any atom is -0.462 e. The molecule has 90 heavy (non-hydrogen) atoms. The lowest BCUT2D eigenvalue weighted by atomic mass is 10.0. The molecule has 0 aromatic heterocycles. The van der Waals surface area contributed by atoms with Crippen molar-refractivity contribution < 1.29 is 80.2 Å². The van der Waals surface area contributed by atoms with E-state index in [1.807, 2.05) is 0 Å². The Labute approximate surface area is 549 Å². The maximum atomic E-state index is 13.0. The molecule has 534 valence electrons. The number of phosphoric acid groups is 2. The summed E-state index contributed by atoms with van der Waals surface area (Å²) in [5.41, 5.74) is 0. The first-order valence-electron chi connectivity index (χ1n) is 37.1. The molecule has 0 radical (unpaired) electrons. The van der Waals surface area contributed by atoms with E-state index in [1.54, 1.807) is 0 Å². The molecule has 0 rings (SSSR count). The number of carbonyl (C=O) groups is 4. The number of ether oxygens (including phenoxy) is 4. The molecule has 0 aliphatic heterocycles. The maximum Gasteiger partial charge on any atom is 0.472 e. The molecule has 17 nitrogen and oxygen atoms in total. The lowest BCUT2D eigenvalue weighted by Gasteiger charge is -2.21. The van der Waals surface area contributed by atoms with Crippen molar-refractivity contribution >= 4 is 39.5 Å². The van der Waals surface area contributed by atoms with Crippen LogP contribution in [0.15, 0.2) is 0 Å². The van der Waals surface area contributed by atoms with Crippen LogP contribution in [0.25, 0.3) is 0 Å². The van der Waals surface area contributed by atoms with E-state index >= 15 is 0 Å². The topological polar surface area (TPSA) is 237 Å². The predicted molar refractivity (Wildman–Crippen MR) is 363 cm³/mol. The van der Waals surface area contributed by atoms with E-state index in [4.69, 9.17) is 37.0 Å². The van der Waals surface area contributed by atoms with Crippen molar-refractivity contribution in [3.8, 4) is 0 Å². The van der Waals surface area contributed by atoms with Gasteiger partial charge in [-0.2, -0.15) is 0 Å². The van der Waals surface area contributed by atoms with Gasteiger partial charge in [0.15, 0.2) is 12.2 Å². The van der Waals surface area contributed by atoms with E-state index in [0.717, 1.165) is 102 Å². The molecule has 0 spiro atoms. The summed E-state index contributed by atoms with van der Waals surface area (Å²) in [6.07, 6.45) is 51.8. The van der Waals surface area contributed by atoms with Gasteiger partial charge in [0.2, 0.25) is 0 Å². The Bertz CT molecular complexity index is 1740. The monoisotopic (exact) mass is 1320 g/mol. The molecule has 0 saturated carbocycles. The number of esters is 4. The second kappa shape index (κ2) is 64.4. The van der Waals surface area contributed by atoms with Gasteiger partial charge < -0.3 is 33.8 Å². The third-order valence-electron chi connectivity index (χ3n) is 16.5. The van der Waals surface area contributed by atoms with Crippen LogP contribution in [0.5, 0.6) is 0 Å². The predicted octanol–water partition coefficient (Wildman–Crippen LogP) is 20.5. The summed E-state index contributed by atoms with van der Waals surface area (Å²) in [5, 5.41) is 10.6. The van der Waals surface area contributed by atoms with Crippen LogP contribution < -0.4 is 0 Å². The summed E-state index contributed by atoms with van der Waals surface area (Å²) >= 11 is 0. The van der Waals surface area contributed by atoms with Gasteiger partial charge in [-0.05, 0) is 31.6 Å². The first-order valence-corrected chi connectivity index (χ1v) is 40.1. The maximum absolute atomic E-state index is 13.0. The average Bonchev–Trinajstić information content (AvgIpc) is 3.07. The summed E-state index contributed by atoms with van der Waals surface area (Å²) in [6.45, 7) is 7.18. The minimum absolute atomic E-state index is 0.106. The fourth-order valence-electron chi connectivity index (χ4n) is 10.8. The SMILES string of the molecule is CCCCCCCCCCCCCCCCCCCCCC(=O)O[C@H](COC(=O)CCCCCCCCCCCCCCCC(C)C)COP(=O)(O)OC[C@@H](O)COP(=O)(O)OC[C@@H](COC(=O)CCCCCCC)OC(=O)CCCCCCCCCCCC. The molecule has 2 unspecified atom stereocenters. The standard InChI is InChI=1S/C71H138O17P2/c1-6-9-12-15-17-19-21-22-23-24-25-26-27-30-34-38-42-47-52-57-71(76)88-67(61-82-69(74)55-50-45-40-37-33-31-28-29-32-35-39-44-48-53-64(4)5)63-86-90(79,80)84-59-65(72)58-83-89(77,78)85-62-66(60-81-68(73)54-49-43-14-11-8-3)87-70(75)56-51-46-41-36-20-18-16-13-10-7-2/h64-67,72H,6-63H2,1-5H3,(H,77,78)(H,79,80)/t65-,66+,67+/m0/s1. The van der Waals surface area contributed by atoms with Crippen LogP contribution in [0.3, 0.4) is 0 Å². The first kappa shape index (κ1) is 88.1. The molecule has 0 bridgehead atoms. The van der Waals surface area contributed by atoms with Crippen LogP contribution in [-0.2, 0) is 65.4 Å². The number of aliphatic hydroxyl groups is 1. The van der Waals surface area contributed by atoms with Crippen molar-refractivity contribution in [2.75, 3.05) is 39.6 Å².